The first-order chi connectivity index (χ1) is 14.1. The molecule has 0 saturated carbocycles. The maximum atomic E-state index is 10.9. The van der Waals surface area contributed by atoms with Crippen LogP contribution in [0.2, 0.25) is 0 Å². The first kappa shape index (κ1) is 21.9. The Morgan fingerprint density at radius 1 is 0.897 bits per heavy atom. The number of hydrogen-bond donors (Lipinski definition) is 0. The predicted molar refractivity (Wildman–Crippen MR) is 114 cm³/mol. The molecule has 0 fully saturated rings. The smallest absolute Gasteiger partial charge is 0.330 e. The fourth-order valence-corrected chi connectivity index (χ4v) is 2.55. The number of benzene rings is 2. The third-order valence-electron chi connectivity index (χ3n) is 4.17. The van der Waals surface area contributed by atoms with Crippen LogP contribution in [0.1, 0.15) is 36.8 Å². The molecule has 0 unspecified atom stereocenters. The monoisotopic (exact) mass is 395 g/mol. The van der Waals surface area contributed by atoms with Gasteiger partial charge < -0.3 is 9.47 Å². The third-order valence-corrected chi connectivity index (χ3v) is 4.17. The van der Waals surface area contributed by atoms with E-state index in [4.69, 9.17) is 9.47 Å². The lowest BCUT2D eigenvalue weighted by atomic mass is 10.1. The number of carbonyl (C=O) groups excluding carboxylic acids is 1. The highest BCUT2D eigenvalue weighted by atomic mass is 16.6. The fraction of sp³-hybridized carbons (Fsp3) is 0.261. The fourth-order valence-electron chi connectivity index (χ4n) is 2.55. The molecule has 0 spiro atoms. The minimum Gasteiger partial charge on any atom is -0.494 e. The minimum absolute atomic E-state index is 0.0831. The molecule has 0 aromatic heterocycles. The molecule has 0 aliphatic heterocycles. The van der Waals surface area contributed by atoms with Crippen molar-refractivity contribution in [2.45, 2.75) is 25.7 Å². The molecule has 0 heterocycles. The van der Waals surface area contributed by atoms with E-state index < -0.39 is 4.92 Å². The van der Waals surface area contributed by atoms with E-state index >= 15 is 0 Å². The summed E-state index contributed by atoms with van der Waals surface area (Å²) >= 11 is 0. The summed E-state index contributed by atoms with van der Waals surface area (Å²) in [7, 11) is 0. The van der Waals surface area contributed by atoms with E-state index in [0.29, 0.717) is 13.2 Å². The average Bonchev–Trinajstić information content (AvgIpc) is 2.75. The Bertz CT molecular complexity index is 825. The van der Waals surface area contributed by atoms with Crippen LogP contribution >= 0.6 is 0 Å². The highest BCUT2D eigenvalue weighted by Crippen LogP contribution is 2.17. The number of nitro benzene ring substituents is 1. The summed E-state index contributed by atoms with van der Waals surface area (Å²) in [5.41, 5.74) is 2.00. The number of carbonyl (C=O) groups is 1. The zero-order chi connectivity index (χ0) is 20.9. The summed E-state index contributed by atoms with van der Waals surface area (Å²) in [6.45, 7) is 4.43. The van der Waals surface area contributed by atoms with Gasteiger partial charge in [0.1, 0.15) is 5.75 Å². The number of rotatable bonds is 12. The second kappa shape index (κ2) is 12.1. The van der Waals surface area contributed by atoms with Crippen molar-refractivity contribution in [2.24, 2.45) is 0 Å². The SMILES string of the molecule is C=CC(=O)OCCCCCCOc1ccc(/C=C/c2ccc([N+](=O)[O-])cc2)cc1. The van der Waals surface area contributed by atoms with Gasteiger partial charge in [-0.2, -0.15) is 0 Å². The lowest BCUT2D eigenvalue weighted by molar-refractivity contribution is -0.384. The molecule has 6 nitrogen and oxygen atoms in total. The molecule has 0 aliphatic carbocycles. The van der Waals surface area contributed by atoms with E-state index in [1.807, 2.05) is 36.4 Å². The zero-order valence-corrected chi connectivity index (χ0v) is 16.3. The number of unbranched alkanes of at least 4 members (excludes halogenated alkanes) is 3. The van der Waals surface area contributed by atoms with Gasteiger partial charge in [0, 0.05) is 18.2 Å². The quantitative estimate of drug-likeness (QED) is 0.119. The Hall–Kier alpha value is -3.41. The van der Waals surface area contributed by atoms with E-state index in [0.717, 1.165) is 42.6 Å². The van der Waals surface area contributed by atoms with Gasteiger partial charge in [-0.25, -0.2) is 4.79 Å². The van der Waals surface area contributed by atoms with Gasteiger partial charge in [0.15, 0.2) is 0 Å². The normalized spacial score (nSPS) is 10.6. The maximum Gasteiger partial charge on any atom is 0.330 e. The van der Waals surface area contributed by atoms with Crippen LogP contribution in [0.5, 0.6) is 5.75 Å². The van der Waals surface area contributed by atoms with Gasteiger partial charge in [-0.3, -0.25) is 10.1 Å². The van der Waals surface area contributed by atoms with E-state index in [-0.39, 0.29) is 11.7 Å². The van der Waals surface area contributed by atoms with Crippen LogP contribution in [-0.2, 0) is 9.53 Å². The van der Waals surface area contributed by atoms with Gasteiger partial charge in [0.05, 0.1) is 18.1 Å². The minimum atomic E-state index is -0.410. The Morgan fingerprint density at radius 2 is 1.45 bits per heavy atom. The number of non-ortho nitro benzene ring substituents is 1. The summed E-state index contributed by atoms with van der Waals surface area (Å²) in [4.78, 5) is 21.1. The Kier molecular flexibility index (Phi) is 9.15. The number of esters is 1. The molecule has 0 bridgehead atoms. The Balaban J connectivity index is 1.66. The summed E-state index contributed by atoms with van der Waals surface area (Å²) in [6, 6.07) is 14.2. The standard InChI is InChI=1S/C23H25NO5/c1-2-23(25)29-18-6-4-3-5-17-28-22-15-11-20(12-16-22)8-7-19-9-13-21(14-10-19)24(26)27/h2,7-16H,1,3-6,17-18H2/b8-7+. The molecule has 29 heavy (non-hydrogen) atoms. The topological polar surface area (TPSA) is 78.7 Å². The second-order valence-electron chi connectivity index (χ2n) is 6.39. The first-order valence-electron chi connectivity index (χ1n) is 9.53. The Morgan fingerprint density at radius 3 is 2.00 bits per heavy atom. The largest absolute Gasteiger partial charge is 0.494 e. The van der Waals surface area contributed by atoms with Gasteiger partial charge in [-0.1, -0.05) is 30.9 Å². The zero-order valence-electron chi connectivity index (χ0n) is 16.3. The third kappa shape index (κ3) is 8.43. The van der Waals surface area contributed by atoms with Crippen molar-refractivity contribution in [3.05, 3.63) is 82.4 Å². The molecule has 0 N–H and O–H groups in total. The highest BCUT2D eigenvalue weighted by Gasteiger charge is 2.02. The van der Waals surface area contributed by atoms with Crippen molar-refractivity contribution in [1.82, 2.24) is 0 Å². The Labute approximate surface area is 170 Å². The van der Waals surface area contributed by atoms with Gasteiger partial charge in [-0.15, -0.1) is 0 Å². The molecule has 2 aromatic rings. The van der Waals surface area contributed by atoms with Crippen LogP contribution in [-0.4, -0.2) is 24.1 Å². The van der Waals surface area contributed by atoms with Crippen molar-refractivity contribution in [2.75, 3.05) is 13.2 Å². The lowest BCUT2D eigenvalue weighted by Gasteiger charge is -2.06. The van der Waals surface area contributed by atoms with Gasteiger partial charge in [0.2, 0.25) is 0 Å². The molecule has 152 valence electrons. The van der Waals surface area contributed by atoms with Gasteiger partial charge in [-0.05, 0) is 61.1 Å². The number of nitro groups is 1. The van der Waals surface area contributed by atoms with Gasteiger partial charge >= 0.3 is 5.97 Å². The highest BCUT2D eigenvalue weighted by molar-refractivity contribution is 5.81. The molecule has 2 aromatic carbocycles. The molecule has 0 atom stereocenters. The number of hydrogen-bond acceptors (Lipinski definition) is 5. The van der Waals surface area contributed by atoms with Crippen molar-refractivity contribution in [1.29, 1.82) is 0 Å². The van der Waals surface area contributed by atoms with Crippen molar-refractivity contribution in [3.8, 4) is 5.75 Å². The summed E-state index contributed by atoms with van der Waals surface area (Å²) in [5.74, 6) is 0.441. The summed E-state index contributed by atoms with van der Waals surface area (Å²) in [5, 5.41) is 10.7. The van der Waals surface area contributed by atoms with E-state index in [9.17, 15) is 14.9 Å². The molecule has 0 radical (unpaired) electrons. The van der Waals surface area contributed by atoms with Crippen LogP contribution in [0.15, 0.2) is 61.2 Å². The van der Waals surface area contributed by atoms with Crippen molar-refractivity contribution < 1.29 is 19.2 Å². The van der Waals surface area contributed by atoms with Crippen LogP contribution < -0.4 is 4.74 Å². The molecule has 2 rings (SSSR count). The summed E-state index contributed by atoms with van der Waals surface area (Å²) in [6.07, 6.45) is 8.81. The molecule has 0 saturated heterocycles. The molecule has 6 heteroatoms. The molecule has 0 amide bonds. The summed E-state index contributed by atoms with van der Waals surface area (Å²) < 4.78 is 10.7. The first-order valence-corrected chi connectivity index (χ1v) is 9.53. The van der Waals surface area contributed by atoms with Crippen molar-refractivity contribution in [3.63, 3.8) is 0 Å². The van der Waals surface area contributed by atoms with Crippen LogP contribution in [0, 0.1) is 10.1 Å². The second-order valence-corrected chi connectivity index (χ2v) is 6.39. The van der Waals surface area contributed by atoms with E-state index in [2.05, 4.69) is 6.58 Å². The van der Waals surface area contributed by atoms with E-state index in [1.54, 1.807) is 12.1 Å². The average molecular weight is 395 g/mol. The number of ether oxygens (including phenoxy) is 2. The number of nitrogens with zero attached hydrogens (tertiary/aromatic N) is 1. The molecular formula is C23H25NO5. The van der Waals surface area contributed by atoms with Crippen LogP contribution in [0.4, 0.5) is 5.69 Å². The molecule has 0 aliphatic rings. The molecular weight excluding hydrogens is 370 g/mol. The van der Waals surface area contributed by atoms with Crippen LogP contribution in [0.3, 0.4) is 0 Å². The predicted octanol–water partition coefficient (Wildman–Crippen LogP) is 5.43. The van der Waals surface area contributed by atoms with E-state index in [1.165, 1.54) is 18.2 Å². The maximum absolute atomic E-state index is 10.9. The van der Waals surface area contributed by atoms with Crippen molar-refractivity contribution >= 4 is 23.8 Å². The lowest BCUT2D eigenvalue weighted by Crippen LogP contribution is -2.02. The van der Waals surface area contributed by atoms with Gasteiger partial charge in [0.25, 0.3) is 5.69 Å². The van der Waals surface area contributed by atoms with Crippen LogP contribution in [0.25, 0.3) is 12.2 Å².